The van der Waals surface area contributed by atoms with E-state index in [1.165, 1.54) is 22.1 Å². The van der Waals surface area contributed by atoms with Gasteiger partial charge in [0.1, 0.15) is 5.82 Å². The standard InChI is InChI=1S/C19H25N3O2/c1-12-5-6-17-13(2)9-18(21-19(17)14(12)3)20-10-16-11-22(15(4)23)7-8-24-16/h5-6,9,16H,7-8,10-11H2,1-4H3,(H,20,21). The van der Waals surface area contributed by atoms with Crippen LogP contribution >= 0.6 is 0 Å². The van der Waals surface area contributed by atoms with Gasteiger partial charge in [0.15, 0.2) is 0 Å². The number of rotatable bonds is 3. The number of pyridine rings is 1. The smallest absolute Gasteiger partial charge is 0.219 e. The molecule has 0 saturated carbocycles. The van der Waals surface area contributed by atoms with Gasteiger partial charge >= 0.3 is 0 Å². The molecular weight excluding hydrogens is 302 g/mol. The molecule has 2 aromatic rings. The van der Waals surface area contributed by atoms with E-state index in [1.54, 1.807) is 6.92 Å². The van der Waals surface area contributed by atoms with Crippen molar-refractivity contribution >= 4 is 22.6 Å². The Morgan fingerprint density at radius 3 is 2.88 bits per heavy atom. The molecule has 1 atom stereocenters. The van der Waals surface area contributed by atoms with Crippen LogP contribution in [0.1, 0.15) is 23.6 Å². The summed E-state index contributed by atoms with van der Waals surface area (Å²) in [4.78, 5) is 18.1. The molecule has 0 radical (unpaired) electrons. The summed E-state index contributed by atoms with van der Waals surface area (Å²) in [6.45, 7) is 10.5. The Morgan fingerprint density at radius 1 is 1.33 bits per heavy atom. The number of aryl methyl sites for hydroxylation is 3. The number of fused-ring (bicyclic) bond motifs is 1. The van der Waals surface area contributed by atoms with Crippen LogP contribution in [0, 0.1) is 20.8 Å². The van der Waals surface area contributed by atoms with Gasteiger partial charge in [-0.05, 0) is 43.5 Å². The van der Waals surface area contributed by atoms with E-state index in [0.29, 0.717) is 26.2 Å². The molecule has 1 saturated heterocycles. The minimum atomic E-state index is -0.000871. The molecule has 5 nitrogen and oxygen atoms in total. The summed E-state index contributed by atoms with van der Waals surface area (Å²) < 4.78 is 5.76. The topological polar surface area (TPSA) is 54.5 Å². The lowest BCUT2D eigenvalue weighted by molar-refractivity contribution is -0.135. The van der Waals surface area contributed by atoms with Crippen molar-refractivity contribution in [3.63, 3.8) is 0 Å². The predicted octanol–water partition coefficient (Wildman–Crippen LogP) is 2.82. The van der Waals surface area contributed by atoms with E-state index in [1.807, 2.05) is 4.90 Å². The number of benzene rings is 1. The number of ether oxygens (including phenoxy) is 1. The highest BCUT2D eigenvalue weighted by Crippen LogP contribution is 2.25. The van der Waals surface area contributed by atoms with E-state index < -0.39 is 0 Å². The number of aromatic nitrogens is 1. The Hall–Kier alpha value is -2.14. The summed E-state index contributed by atoms with van der Waals surface area (Å²) >= 11 is 0. The van der Waals surface area contributed by atoms with Crippen LogP contribution in [0.2, 0.25) is 0 Å². The van der Waals surface area contributed by atoms with Crippen LogP contribution in [0.5, 0.6) is 0 Å². The largest absolute Gasteiger partial charge is 0.373 e. The first-order valence-corrected chi connectivity index (χ1v) is 8.44. The fourth-order valence-corrected chi connectivity index (χ4v) is 3.14. The molecule has 0 aliphatic carbocycles. The van der Waals surface area contributed by atoms with Crippen LogP contribution in [0.25, 0.3) is 10.9 Å². The summed E-state index contributed by atoms with van der Waals surface area (Å²) in [6, 6.07) is 6.35. The van der Waals surface area contributed by atoms with Crippen LogP contribution in [0.3, 0.4) is 0 Å². The summed E-state index contributed by atoms with van der Waals surface area (Å²) in [5.41, 5.74) is 4.73. The molecule has 2 heterocycles. The molecule has 1 aliphatic rings. The van der Waals surface area contributed by atoms with Gasteiger partial charge in [-0.2, -0.15) is 0 Å². The maximum absolute atomic E-state index is 11.5. The Bertz CT molecular complexity index is 773. The fraction of sp³-hybridized carbons (Fsp3) is 0.474. The SMILES string of the molecule is CC(=O)N1CCOC(CNc2cc(C)c3ccc(C)c(C)c3n2)C1. The summed E-state index contributed by atoms with van der Waals surface area (Å²) in [6.07, 6.45) is -0.000871. The zero-order valence-electron chi connectivity index (χ0n) is 14.8. The minimum absolute atomic E-state index is 0.000871. The molecule has 1 fully saturated rings. The molecule has 5 heteroatoms. The molecule has 1 aliphatic heterocycles. The van der Waals surface area contributed by atoms with Crippen molar-refractivity contribution in [1.29, 1.82) is 0 Å². The Morgan fingerprint density at radius 2 is 2.12 bits per heavy atom. The van der Waals surface area contributed by atoms with Crippen molar-refractivity contribution in [1.82, 2.24) is 9.88 Å². The number of hydrogen-bond acceptors (Lipinski definition) is 4. The average Bonchev–Trinajstić information content (AvgIpc) is 2.57. The zero-order valence-corrected chi connectivity index (χ0v) is 14.8. The first-order chi connectivity index (χ1) is 11.5. The molecule has 1 N–H and O–H groups in total. The number of amides is 1. The number of carbonyl (C=O) groups excluding carboxylic acids is 1. The van der Waals surface area contributed by atoms with Crippen LogP contribution in [-0.2, 0) is 9.53 Å². The van der Waals surface area contributed by atoms with E-state index in [-0.39, 0.29) is 12.0 Å². The van der Waals surface area contributed by atoms with Crippen molar-refractivity contribution < 1.29 is 9.53 Å². The van der Waals surface area contributed by atoms with Crippen molar-refractivity contribution in [2.75, 3.05) is 31.6 Å². The van der Waals surface area contributed by atoms with Crippen LogP contribution in [0.4, 0.5) is 5.82 Å². The van der Waals surface area contributed by atoms with E-state index >= 15 is 0 Å². The second-order valence-corrected chi connectivity index (χ2v) is 6.57. The van der Waals surface area contributed by atoms with Gasteiger partial charge in [-0.1, -0.05) is 12.1 Å². The molecular formula is C19H25N3O2. The molecule has 0 spiro atoms. The van der Waals surface area contributed by atoms with Gasteiger partial charge in [0.2, 0.25) is 5.91 Å². The highest BCUT2D eigenvalue weighted by Gasteiger charge is 2.22. The summed E-state index contributed by atoms with van der Waals surface area (Å²) in [5.74, 6) is 0.964. The van der Waals surface area contributed by atoms with Gasteiger partial charge in [-0.3, -0.25) is 4.79 Å². The Kier molecular flexibility index (Phi) is 4.71. The molecule has 1 aromatic heterocycles. The quantitative estimate of drug-likeness (QED) is 0.942. The highest BCUT2D eigenvalue weighted by atomic mass is 16.5. The van der Waals surface area contributed by atoms with Gasteiger partial charge in [0.05, 0.1) is 18.2 Å². The highest BCUT2D eigenvalue weighted by molar-refractivity contribution is 5.87. The fourth-order valence-electron chi connectivity index (χ4n) is 3.14. The number of nitrogens with one attached hydrogen (secondary N) is 1. The van der Waals surface area contributed by atoms with Crippen LogP contribution in [-0.4, -0.2) is 48.1 Å². The van der Waals surface area contributed by atoms with Crippen LogP contribution in [0.15, 0.2) is 18.2 Å². The van der Waals surface area contributed by atoms with Crippen molar-refractivity contribution in [2.45, 2.75) is 33.8 Å². The lowest BCUT2D eigenvalue weighted by atomic mass is 10.0. The van der Waals surface area contributed by atoms with Gasteiger partial charge in [-0.15, -0.1) is 0 Å². The van der Waals surface area contributed by atoms with E-state index in [9.17, 15) is 4.79 Å². The number of hydrogen-bond donors (Lipinski definition) is 1. The van der Waals surface area contributed by atoms with Crippen molar-refractivity contribution in [3.8, 4) is 0 Å². The molecule has 3 rings (SSSR count). The predicted molar refractivity (Wildman–Crippen MR) is 96.4 cm³/mol. The summed E-state index contributed by atoms with van der Waals surface area (Å²) in [7, 11) is 0. The lowest BCUT2D eigenvalue weighted by Crippen LogP contribution is -2.47. The second-order valence-electron chi connectivity index (χ2n) is 6.57. The third kappa shape index (κ3) is 3.36. The number of carbonyl (C=O) groups is 1. The third-order valence-electron chi connectivity index (χ3n) is 4.81. The second kappa shape index (κ2) is 6.77. The number of anilines is 1. The maximum atomic E-state index is 11.5. The normalized spacial score (nSPS) is 18.0. The van der Waals surface area contributed by atoms with Crippen LogP contribution < -0.4 is 5.32 Å². The summed E-state index contributed by atoms with van der Waals surface area (Å²) in [5, 5.41) is 4.57. The van der Waals surface area contributed by atoms with Gasteiger partial charge in [-0.25, -0.2) is 4.98 Å². The third-order valence-corrected chi connectivity index (χ3v) is 4.81. The van der Waals surface area contributed by atoms with Gasteiger partial charge in [0, 0.05) is 31.9 Å². The number of morpholine rings is 1. The van der Waals surface area contributed by atoms with Crippen molar-refractivity contribution in [2.24, 2.45) is 0 Å². The first kappa shape index (κ1) is 16.7. The molecule has 24 heavy (non-hydrogen) atoms. The maximum Gasteiger partial charge on any atom is 0.219 e. The monoisotopic (exact) mass is 327 g/mol. The van der Waals surface area contributed by atoms with E-state index in [2.05, 4.69) is 44.3 Å². The minimum Gasteiger partial charge on any atom is -0.373 e. The van der Waals surface area contributed by atoms with E-state index in [0.717, 1.165) is 11.3 Å². The molecule has 128 valence electrons. The average molecular weight is 327 g/mol. The Balaban J connectivity index is 1.76. The Labute approximate surface area is 143 Å². The molecule has 1 aromatic carbocycles. The molecule has 0 bridgehead atoms. The first-order valence-electron chi connectivity index (χ1n) is 8.44. The van der Waals surface area contributed by atoms with Crippen molar-refractivity contribution in [3.05, 3.63) is 34.9 Å². The molecule has 1 amide bonds. The van der Waals surface area contributed by atoms with E-state index in [4.69, 9.17) is 9.72 Å². The number of nitrogens with zero attached hydrogens (tertiary/aromatic N) is 2. The van der Waals surface area contributed by atoms with Gasteiger partial charge < -0.3 is 15.0 Å². The van der Waals surface area contributed by atoms with Gasteiger partial charge in [0.25, 0.3) is 0 Å². The lowest BCUT2D eigenvalue weighted by Gasteiger charge is -2.32. The molecule has 1 unspecified atom stereocenters. The zero-order chi connectivity index (χ0) is 17.3.